The minimum Gasteiger partial charge on any atom is -0.377 e. The highest BCUT2D eigenvalue weighted by Gasteiger charge is 2.42. The largest absolute Gasteiger partial charge is 0.377 e. The summed E-state index contributed by atoms with van der Waals surface area (Å²) in [5.74, 6) is -0.280. The molecule has 1 atom stereocenters. The number of ether oxygens (including phenoxy) is 1. The van der Waals surface area contributed by atoms with E-state index in [1.807, 2.05) is 0 Å². The topological polar surface area (TPSA) is 35.2 Å². The van der Waals surface area contributed by atoms with Gasteiger partial charge in [0.15, 0.2) is 0 Å². The lowest BCUT2D eigenvalue weighted by atomic mass is 9.68. The van der Waals surface area contributed by atoms with Gasteiger partial charge in [-0.15, -0.1) is 0 Å². The van der Waals surface area contributed by atoms with Crippen LogP contribution in [-0.4, -0.2) is 18.8 Å². The van der Waals surface area contributed by atoms with Crippen LogP contribution in [0.15, 0.2) is 18.2 Å². The molecule has 2 nitrogen and oxygen atoms in total. The van der Waals surface area contributed by atoms with Gasteiger partial charge in [0.1, 0.15) is 5.82 Å². The Balaban J connectivity index is 2.14. The Morgan fingerprint density at radius 3 is 2.48 bits per heavy atom. The zero-order valence-electron chi connectivity index (χ0n) is 13.1. The van der Waals surface area contributed by atoms with Crippen LogP contribution >= 0.6 is 11.6 Å². The van der Waals surface area contributed by atoms with Crippen molar-refractivity contribution >= 4 is 11.6 Å². The predicted octanol–water partition coefficient (Wildman–Crippen LogP) is 4.33. The Bertz CT molecular complexity index is 494. The highest BCUT2D eigenvalue weighted by molar-refractivity contribution is 6.31. The molecule has 1 aromatic carbocycles. The van der Waals surface area contributed by atoms with E-state index in [1.165, 1.54) is 12.1 Å². The first-order valence-electron chi connectivity index (χ1n) is 7.53. The van der Waals surface area contributed by atoms with E-state index < -0.39 is 0 Å². The molecule has 0 bridgehead atoms. The molecular formula is C17H25ClFNO. The lowest BCUT2D eigenvalue weighted by molar-refractivity contribution is -0.0781. The summed E-state index contributed by atoms with van der Waals surface area (Å²) < 4.78 is 19.2. The van der Waals surface area contributed by atoms with E-state index in [1.54, 1.807) is 13.2 Å². The van der Waals surface area contributed by atoms with Crippen LogP contribution in [0.4, 0.5) is 4.39 Å². The van der Waals surface area contributed by atoms with Gasteiger partial charge in [-0.3, -0.25) is 0 Å². The van der Waals surface area contributed by atoms with Crippen molar-refractivity contribution in [3.63, 3.8) is 0 Å². The van der Waals surface area contributed by atoms with Crippen LogP contribution in [0.25, 0.3) is 0 Å². The van der Waals surface area contributed by atoms with Crippen LogP contribution in [0.3, 0.4) is 0 Å². The van der Waals surface area contributed by atoms with E-state index >= 15 is 0 Å². The summed E-state index contributed by atoms with van der Waals surface area (Å²) in [5, 5.41) is 0.564. The summed E-state index contributed by atoms with van der Waals surface area (Å²) in [4.78, 5) is 0. The van der Waals surface area contributed by atoms with Crippen molar-refractivity contribution in [2.24, 2.45) is 11.1 Å². The molecule has 1 aliphatic carbocycles. The summed E-state index contributed by atoms with van der Waals surface area (Å²) >= 11 is 6.15. The maximum absolute atomic E-state index is 13.4. The maximum atomic E-state index is 13.4. The third-order valence-corrected chi connectivity index (χ3v) is 5.35. The van der Waals surface area contributed by atoms with Crippen molar-refractivity contribution in [1.82, 2.24) is 0 Å². The molecule has 4 heteroatoms. The normalized spacial score (nSPS) is 22.0. The van der Waals surface area contributed by atoms with Gasteiger partial charge in [-0.2, -0.15) is 0 Å². The van der Waals surface area contributed by atoms with Crippen LogP contribution in [0.1, 0.15) is 45.1 Å². The van der Waals surface area contributed by atoms with Gasteiger partial charge in [-0.1, -0.05) is 25.4 Å². The van der Waals surface area contributed by atoms with Crippen molar-refractivity contribution in [1.29, 1.82) is 0 Å². The number of hydrogen-bond acceptors (Lipinski definition) is 2. The zero-order chi connectivity index (χ0) is 15.7. The molecule has 1 aliphatic rings. The predicted molar refractivity (Wildman–Crippen MR) is 85.1 cm³/mol. The molecule has 0 radical (unpaired) electrons. The fourth-order valence-corrected chi connectivity index (χ4v) is 3.39. The van der Waals surface area contributed by atoms with Crippen LogP contribution in [0.2, 0.25) is 5.02 Å². The van der Waals surface area contributed by atoms with Gasteiger partial charge < -0.3 is 10.5 Å². The third kappa shape index (κ3) is 3.77. The van der Waals surface area contributed by atoms with E-state index in [0.29, 0.717) is 16.9 Å². The van der Waals surface area contributed by atoms with Gasteiger partial charge in [0, 0.05) is 18.2 Å². The van der Waals surface area contributed by atoms with E-state index in [0.717, 1.165) is 31.2 Å². The van der Waals surface area contributed by atoms with Crippen molar-refractivity contribution in [3.05, 3.63) is 34.6 Å². The van der Waals surface area contributed by atoms with Crippen molar-refractivity contribution < 1.29 is 9.13 Å². The van der Waals surface area contributed by atoms with Crippen molar-refractivity contribution in [2.45, 2.75) is 57.6 Å². The molecular weight excluding hydrogens is 289 g/mol. The monoisotopic (exact) mass is 313 g/mol. The fraction of sp³-hybridized carbons (Fsp3) is 0.647. The standard InChI is InChI=1S/C17H25ClFNO/c1-16(2)6-8-17(21-3,9-7-16)15(20)11-12-10-13(19)4-5-14(12)18/h4-5,10,15H,6-9,11,20H2,1-3H3. The van der Waals surface area contributed by atoms with Gasteiger partial charge in [0.2, 0.25) is 0 Å². The first kappa shape index (κ1) is 16.7. The number of nitrogens with two attached hydrogens (primary N) is 1. The van der Waals surface area contributed by atoms with E-state index in [9.17, 15) is 4.39 Å². The Hall–Kier alpha value is -0.640. The lowest BCUT2D eigenvalue weighted by Gasteiger charge is -2.46. The number of halogens is 2. The average molecular weight is 314 g/mol. The molecule has 1 aromatic rings. The molecule has 2 N–H and O–H groups in total. The highest BCUT2D eigenvalue weighted by atomic mass is 35.5. The van der Waals surface area contributed by atoms with Crippen LogP contribution in [0.5, 0.6) is 0 Å². The Kier molecular flexibility index (Phi) is 4.96. The second-order valence-electron chi connectivity index (χ2n) is 6.98. The van der Waals surface area contributed by atoms with Crippen LogP contribution in [-0.2, 0) is 11.2 Å². The first-order chi connectivity index (χ1) is 9.78. The highest BCUT2D eigenvalue weighted by Crippen LogP contribution is 2.43. The average Bonchev–Trinajstić information content (AvgIpc) is 2.43. The molecule has 1 saturated carbocycles. The summed E-state index contributed by atoms with van der Waals surface area (Å²) in [6.07, 6.45) is 4.58. The van der Waals surface area contributed by atoms with E-state index in [-0.39, 0.29) is 17.5 Å². The zero-order valence-corrected chi connectivity index (χ0v) is 13.8. The minimum atomic E-state index is -0.328. The number of hydrogen-bond donors (Lipinski definition) is 1. The quantitative estimate of drug-likeness (QED) is 0.897. The summed E-state index contributed by atoms with van der Waals surface area (Å²) in [6, 6.07) is 4.24. The SMILES string of the molecule is COC1(C(N)Cc2cc(F)ccc2Cl)CCC(C)(C)CC1. The molecule has 0 spiro atoms. The summed E-state index contributed by atoms with van der Waals surface area (Å²) in [5.41, 5.74) is 7.20. The van der Waals surface area contributed by atoms with E-state index in [2.05, 4.69) is 13.8 Å². The van der Waals surface area contributed by atoms with Gasteiger partial charge in [-0.05, 0) is 61.3 Å². The molecule has 2 rings (SSSR count). The van der Waals surface area contributed by atoms with E-state index in [4.69, 9.17) is 22.1 Å². The van der Waals surface area contributed by atoms with Crippen molar-refractivity contribution in [3.8, 4) is 0 Å². The second kappa shape index (κ2) is 6.23. The van der Waals surface area contributed by atoms with Gasteiger partial charge in [-0.25, -0.2) is 4.39 Å². The lowest BCUT2D eigenvalue weighted by Crippen LogP contribution is -2.53. The molecule has 0 amide bonds. The Morgan fingerprint density at radius 2 is 1.90 bits per heavy atom. The Labute approximate surface area is 131 Å². The number of rotatable bonds is 4. The molecule has 118 valence electrons. The molecule has 21 heavy (non-hydrogen) atoms. The van der Waals surface area contributed by atoms with Crippen LogP contribution in [0, 0.1) is 11.2 Å². The smallest absolute Gasteiger partial charge is 0.123 e. The summed E-state index contributed by atoms with van der Waals surface area (Å²) in [6.45, 7) is 4.56. The minimum absolute atomic E-state index is 0.183. The molecule has 1 fully saturated rings. The van der Waals surface area contributed by atoms with Gasteiger partial charge in [0.05, 0.1) is 5.60 Å². The molecule has 0 saturated heterocycles. The molecule has 1 unspecified atom stereocenters. The van der Waals surface area contributed by atoms with Gasteiger partial charge in [0.25, 0.3) is 0 Å². The number of benzene rings is 1. The van der Waals surface area contributed by atoms with Gasteiger partial charge >= 0.3 is 0 Å². The third-order valence-electron chi connectivity index (χ3n) is 4.98. The van der Waals surface area contributed by atoms with Crippen LogP contribution < -0.4 is 5.73 Å². The number of methoxy groups -OCH3 is 1. The Morgan fingerprint density at radius 1 is 1.29 bits per heavy atom. The second-order valence-corrected chi connectivity index (χ2v) is 7.39. The van der Waals surface area contributed by atoms with Crippen molar-refractivity contribution in [2.75, 3.05) is 7.11 Å². The fourth-order valence-electron chi connectivity index (χ4n) is 3.20. The first-order valence-corrected chi connectivity index (χ1v) is 7.90. The summed E-state index contributed by atoms with van der Waals surface area (Å²) in [7, 11) is 1.73. The molecule has 0 aliphatic heterocycles. The molecule has 0 heterocycles. The maximum Gasteiger partial charge on any atom is 0.123 e. The molecule has 0 aromatic heterocycles.